The van der Waals surface area contributed by atoms with Crippen LogP contribution in [0.1, 0.15) is 0 Å². The van der Waals surface area contributed by atoms with Crippen LogP contribution in [-0.4, -0.2) is 117 Å². The molecule has 4 amide bonds. The molecule has 0 radical (unpaired) electrons. The second-order valence-corrected chi connectivity index (χ2v) is 6.03. The van der Waals surface area contributed by atoms with Gasteiger partial charge in [0.15, 0.2) is 0 Å². The molecule has 0 saturated carbocycles. The molecule has 0 aromatic rings. The van der Waals surface area contributed by atoms with Gasteiger partial charge in [-0.15, -0.1) is 0 Å². The number of amides is 4. The van der Waals surface area contributed by atoms with Gasteiger partial charge in [-0.1, -0.05) is 0 Å². The van der Waals surface area contributed by atoms with Crippen molar-refractivity contribution in [2.45, 2.75) is 0 Å². The van der Waals surface area contributed by atoms with Gasteiger partial charge in [-0.25, -0.2) is 0 Å². The Morgan fingerprint density at radius 2 is 1.06 bits per heavy atom. The highest BCUT2D eigenvalue weighted by molar-refractivity contribution is 5.88. The van der Waals surface area contributed by atoms with Crippen LogP contribution >= 0.6 is 0 Å². The van der Waals surface area contributed by atoms with Gasteiger partial charge in [-0.05, 0) is 7.05 Å². The molecule has 0 bridgehead atoms. The van der Waals surface area contributed by atoms with Crippen LogP contribution in [0.3, 0.4) is 0 Å². The summed E-state index contributed by atoms with van der Waals surface area (Å²) in [7, 11) is 1.80. The van der Waals surface area contributed by atoms with Crippen molar-refractivity contribution in [1.29, 1.82) is 0 Å². The molecular weight excluding hydrogens is 428 g/mol. The average Bonchev–Trinajstić information content (AvgIpc) is 2.79. The Hall–Kier alpha value is -2.36. The van der Waals surface area contributed by atoms with E-state index in [9.17, 15) is 19.2 Å². The number of rotatable bonds is 23. The summed E-state index contributed by atoms with van der Waals surface area (Å²) in [4.78, 5) is 44.3. The van der Waals surface area contributed by atoms with E-state index >= 15 is 0 Å². The van der Waals surface area contributed by atoms with Gasteiger partial charge in [0, 0.05) is 13.1 Å². The summed E-state index contributed by atoms with van der Waals surface area (Å²) >= 11 is 0. The lowest BCUT2D eigenvalue weighted by Crippen LogP contribution is -2.44. The SMILES string of the molecule is CNNCCOCCOCCOCCOCCNC(=O)CNC(=O)CNC(=O)CNC=O. The van der Waals surface area contributed by atoms with Gasteiger partial charge < -0.3 is 40.2 Å². The Balaban J connectivity index is 3.33. The molecule has 0 rings (SSSR count). The lowest BCUT2D eigenvalue weighted by Gasteiger charge is -2.09. The van der Waals surface area contributed by atoms with E-state index in [1.54, 1.807) is 7.05 Å². The molecule has 186 valence electrons. The summed E-state index contributed by atoms with van der Waals surface area (Å²) in [6.45, 7) is 3.95. The number of hydrogen-bond donors (Lipinski definition) is 6. The number of ether oxygens (including phenoxy) is 4. The molecule has 14 nitrogen and oxygen atoms in total. The predicted molar refractivity (Wildman–Crippen MR) is 113 cm³/mol. The van der Waals surface area contributed by atoms with E-state index in [4.69, 9.17) is 18.9 Å². The molecule has 0 aliphatic carbocycles. The minimum atomic E-state index is -0.522. The summed E-state index contributed by atoms with van der Waals surface area (Å²) in [6, 6.07) is 0. The molecule has 0 aromatic heterocycles. The van der Waals surface area contributed by atoms with Gasteiger partial charge in [0.1, 0.15) is 0 Å². The van der Waals surface area contributed by atoms with Gasteiger partial charge in [0.25, 0.3) is 0 Å². The molecule has 0 saturated heterocycles. The third kappa shape index (κ3) is 22.3. The van der Waals surface area contributed by atoms with E-state index in [-0.39, 0.29) is 32.1 Å². The molecule has 0 fully saturated rings. The monoisotopic (exact) mass is 464 g/mol. The second kappa shape index (κ2) is 23.3. The van der Waals surface area contributed by atoms with Crippen LogP contribution in [-0.2, 0) is 38.1 Å². The average molecular weight is 465 g/mol. The molecule has 0 aliphatic rings. The third-order valence-electron chi connectivity index (χ3n) is 3.47. The van der Waals surface area contributed by atoms with E-state index in [1.165, 1.54) is 0 Å². The van der Waals surface area contributed by atoms with Gasteiger partial charge in [-0.3, -0.25) is 30.0 Å². The van der Waals surface area contributed by atoms with Crippen LogP contribution in [0.2, 0.25) is 0 Å². The highest BCUT2D eigenvalue weighted by Gasteiger charge is 2.07. The van der Waals surface area contributed by atoms with E-state index in [2.05, 4.69) is 32.1 Å². The smallest absolute Gasteiger partial charge is 0.239 e. The summed E-state index contributed by atoms with van der Waals surface area (Å²) < 4.78 is 21.4. The summed E-state index contributed by atoms with van der Waals surface area (Å²) in [5, 5.41) is 9.39. The molecule has 0 unspecified atom stereocenters. The van der Waals surface area contributed by atoms with Crippen molar-refractivity contribution in [3.05, 3.63) is 0 Å². The molecule has 0 aromatic carbocycles. The quantitative estimate of drug-likeness (QED) is 0.0494. The van der Waals surface area contributed by atoms with Gasteiger partial charge in [0.05, 0.1) is 72.5 Å². The minimum Gasteiger partial charge on any atom is -0.378 e. The summed E-state index contributed by atoms with van der Waals surface area (Å²) in [5.41, 5.74) is 5.71. The van der Waals surface area contributed by atoms with E-state index < -0.39 is 11.8 Å². The maximum Gasteiger partial charge on any atom is 0.239 e. The molecule has 0 aliphatic heterocycles. The maximum absolute atomic E-state index is 11.6. The van der Waals surface area contributed by atoms with E-state index in [1.807, 2.05) is 0 Å². The predicted octanol–water partition coefficient (Wildman–Crippen LogP) is -4.13. The zero-order valence-electron chi connectivity index (χ0n) is 18.5. The zero-order chi connectivity index (χ0) is 23.7. The molecular formula is C18H36N6O8. The fourth-order valence-corrected chi connectivity index (χ4v) is 1.95. The third-order valence-corrected chi connectivity index (χ3v) is 3.47. The first-order valence-corrected chi connectivity index (χ1v) is 10.3. The van der Waals surface area contributed by atoms with E-state index in [0.717, 1.165) is 6.54 Å². The highest BCUT2D eigenvalue weighted by Crippen LogP contribution is 1.82. The van der Waals surface area contributed by atoms with Crippen LogP contribution < -0.4 is 32.1 Å². The standard InChI is InChI=1S/C18H36N6O8/c1-19-24-3-5-30-7-9-32-11-10-31-8-6-29-4-2-21-17(27)13-23-18(28)14-22-16(26)12-20-15-25/h15,19,24H,2-14H2,1H3,(H,20,25)(H,21,27)(H,22,26)(H,23,28). The Labute approximate surface area is 187 Å². The zero-order valence-corrected chi connectivity index (χ0v) is 18.5. The van der Waals surface area contributed by atoms with Crippen LogP contribution in [0, 0.1) is 0 Å². The Morgan fingerprint density at radius 1 is 0.625 bits per heavy atom. The molecule has 0 spiro atoms. The van der Waals surface area contributed by atoms with Crippen LogP contribution in [0.15, 0.2) is 0 Å². The fourth-order valence-electron chi connectivity index (χ4n) is 1.95. The minimum absolute atomic E-state index is 0.220. The number of nitrogens with one attached hydrogen (secondary N) is 6. The van der Waals surface area contributed by atoms with Crippen molar-refractivity contribution in [2.24, 2.45) is 0 Å². The molecule has 32 heavy (non-hydrogen) atoms. The number of hydrazine groups is 1. The Kier molecular flexibility index (Phi) is 21.6. The lowest BCUT2D eigenvalue weighted by molar-refractivity contribution is -0.127. The highest BCUT2D eigenvalue weighted by atomic mass is 16.6. The maximum atomic E-state index is 11.6. The number of carbonyl (C=O) groups excluding carboxylic acids is 4. The van der Waals surface area contributed by atoms with Crippen molar-refractivity contribution >= 4 is 24.1 Å². The van der Waals surface area contributed by atoms with Crippen LogP contribution in [0.25, 0.3) is 0 Å². The first-order chi connectivity index (χ1) is 15.6. The first-order valence-electron chi connectivity index (χ1n) is 10.3. The van der Waals surface area contributed by atoms with E-state index in [0.29, 0.717) is 59.3 Å². The largest absolute Gasteiger partial charge is 0.378 e. The molecule has 0 heterocycles. The van der Waals surface area contributed by atoms with Crippen molar-refractivity contribution in [1.82, 2.24) is 32.1 Å². The summed E-state index contributed by atoms with van der Waals surface area (Å²) in [6.07, 6.45) is 0.377. The summed E-state index contributed by atoms with van der Waals surface area (Å²) in [5.74, 6) is -1.41. The lowest BCUT2D eigenvalue weighted by atomic mass is 10.5. The van der Waals surface area contributed by atoms with Gasteiger partial charge >= 0.3 is 0 Å². The van der Waals surface area contributed by atoms with Gasteiger partial charge in [0.2, 0.25) is 24.1 Å². The van der Waals surface area contributed by atoms with Crippen LogP contribution in [0.4, 0.5) is 0 Å². The molecule has 6 N–H and O–H groups in total. The number of carbonyl (C=O) groups is 4. The van der Waals surface area contributed by atoms with Crippen molar-refractivity contribution in [3.63, 3.8) is 0 Å². The second-order valence-electron chi connectivity index (χ2n) is 6.03. The van der Waals surface area contributed by atoms with Crippen molar-refractivity contribution < 1.29 is 38.1 Å². The van der Waals surface area contributed by atoms with Crippen LogP contribution in [0.5, 0.6) is 0 Å². The topological polar surface area (TPSA) is 177 Å². The van der Waals surface area contributed by atoms with Gasteiger partial charge in [-0.2, -0.15) is 0 Å². The molecule has 0 atom stereocenters. The van der Waals surface area contributed by atoms with Crippen molar-refractivity contribution in [3.8, 4) is 0 Å². The Morgan fingerprint density at radius 3 is 1.56 bits per heavy atom. The first kappa shape index (κ1) is 29.6. The fraction of sp³-hybridized carbons (Fsp3) is 0.778. The number of hydrogen-bond acceptors (Lipinski definition) is 10. The Bertz CT molecular complexity index is 512. The molecule has 14 heteroatoms. The normalized spacial score (nSPS) is 10.4. The van der Waals surface area contributed by atoms with Crippen molar-refractivity contribution in [2.75, 3.05) is 92.6 Å².